The Kier molecular flexibility index (Phi) is 5.33. The Hall–Kier alpha value is -2.35. The summed E-state index contributed by atoms with van der Waals surface area (Å²) in [6.45, 7) is 1.04. The van der Waals surface area contributed by atoms with Gasteiger partial charge in [-0.1, -0.05) is 36.4 Å². The molecule has 4 nitrogen and oxygen atoms in total. The first kappa shape index (κ1) is 15.0. The molecule has 4 heteroatoms. The monoisotopic (exact) mass is 282 g/mol. The van der Waals surface area contributed by atoms with Crippen molar-refractivity contribution >= 4 is 0 Å². The second-order valence-electron chi connectivity index (χ2n) is 4.70. The van der Waals surface area contributed by atoms with E-state index < -0.39 is 6.10 Å². The van der Waals surface area contributed by atoms with Crippen LogP contribution in [0, 0.1) is 11.3 Å². The van der Waals surface area contributed by atoms with Gasteiger partial charge in [0.25, 0.3) is 0 Å². The first-order valence-electron chi connectivity index (χ1n) is 6.75. The standard InChI is InChI=1S/C17H18N2O2/c1-21-17-8-7-13(9-15(17)10-18)11-19-12-16(20)14-5-3-2-4-6-14/h2-9,16,19-20H,11-12H2,1H3. The molecule has 0 aromatic heterocycles. The van der Waals surface area contributed by atoms with Crippen molar-refractivity contribution in [3.05, 3.63) is 65.2 Å². The van der Waals surface area contributed by atoms with Gasteiger partial charge in [-0.3, -0.25) is 0 Å². The maximum absolute atomic E-state index is 10.0. The number of hydrogen-bond acceptors (Lipinski definition) is 4. The predicted molar refractivity (Wildman–Crippen MR) is 80.8 cm³/mol. The highest BCUT2D eigenvalue weighted by Crippen LogP contribution is 2.18. The average Bonchev–Trinajstić information content (AvgIpc) is 2.55. The largest absolute Gasteiger partial charge is 0.495 e. The zero-order chi connectivity index (χ0) is 15.1. The Bertz CT molecular complexity index is 620. The number of nitriles is 1. The molecule has 0 aliphatic rings. The van der Waals surface area contributed by atoms with Crippen LogP contribution in [-0.2, 0) is 6.54 Å². The molecular formula is C17H18N2O2. The van der Waals surface area contributed by atoms with E-state index in [0.717, 1.165) is 11.1 Å². The summed E-state index contributed by atoms with van der Waals surface area (Å²) in [6.07, 6.45) is -0.542. The van der Waals surface area contributed by atoms with Gasteiger partial charge < -0.3 is 15.2 Å². The lowest BCUT2D eigenvalue weighted by molar-refractivity contribution is 0.174. The van der Waals surface area contributed by atoms with Gasteiger partial charge in [-0.05, 0) is 23.3 Å². The van der Waals surface area contributed by atoms with Gasteiger partial charge in [0, 0.05) is 13.1 Å². The van der Waals surface area contributed by atoms with Crippen LogP contribution in [0.5, 0.6) is 5.75 Å². The van der Waals surface area contributed by atoms with E-state index in [1.807, 2.05) is 36.4 Å². The number of methoxy groups -OCH3 is 1. The van der Waals surface area contributed by atoms with Crippen LogP contribution in [0.3, 0.4) is 0 Å². The van der Waals surface area contributed by atoms with Crippen LogP contribution in [0.4, 0.5) is 0 Å². The molecule has 0 aliphatic heterocycles. The molecule has 108 valence electrons. The summed E-state index contributed by atoms with van der Waals surface area (Å²) in [6, 6.07) is 17.1. The molecule has 21 heavy (non-hydrogen) atoms. The van der Waals surface area contributed by atoms with E-state index in [1.54, 1.807) is 19.2 Å². The van der Waals surface area contributed by atoms with Crippen molar-refractivity contribution < 1.29 is 9.84 Å². The van der Waals surface area contributed by atoms with Crippen LogP contribution in [0.1, 0.15) is 22.8 Å². The molecule has 1 unspecified atom stereocenters. The Balaban J connectivity index is 1.91. The van der Waals surface area contributed by atoms with Gasteiger partial charge in [-0.15, -0.1) is 0 Å². The molecule has 0 saturated heterocycles. The zero-order valence-electron chi connectivity index (χ0n) is 11.9. The van der Waals surface area contributed by atoms with E-state index in [9.17, 15) is 5.11 Å². The Morgan fingerprint density at radius 2 is 2.00 bits per heavy atom. The van der Waals surface area contributed by atoms with Gasteiger partial charge >= 0.3 is 0 Å². The molecule has 0 fully saturated rings. The molecule has 0 heterocycles. The van der Waals surface area contributed by atoms with Crippen LogP contribution in [0.2, 0.25) is 0 Å². The molecule has 0 amide bonds. The Morgan fingerprint density at radius 1 is 1.24 bits per heavy atom. The number of ether oxygens (including phenoxy) is 1. The van der Waals surface area contributed by atoms with Crippen LogP contribution in [-0.4, -0.2) is 18.8 Å². The van der Waals surface area contributed by atoms with E-state index in [0.29, 0.717) is 24.4 Å². The normalized spacial score (nSPS) is 11.7. The molecule has 2 N–H and O–H groups in total. The summed E-state index contributed by atoms with van der Waals surface area (Å²) in [7, 11) is 1.55. The highest BCUT2D eigenvalue weighted by Gasteiger charge is 2.07. The van der Waals surface area contributed by atoms with E-state index in [-0.39, 0.29) is 0 Å². The van der Waals surface area contributed by atoms with Crippen LogP contribution >= 0.6 is 0 Å². The third kappa shape index (κ3) is 4.06. The number of nitrogens with zero attached hydrogens (tertiary/aromatic N) is 1. The molecule has 2 aromatic rings. The van der Waals surface area contributed by atoms with E-state index >= 15 is 0 Å². The highest BCUT2D eigenvalue weighted by atomic mass is 16.5. The number of benzene rings is 2. The fourth-order valence-corrected chi connectivity index (χ4v) is 2.10. The SMILES string of the molecule is COc1ccc(CNCC(O)c2ccccc2)cc1C#N. The molecule has 0 bridgehead atoms. The number of nitrogens with one attached hydrogen (secondary N) is 1. The zero-order valence-corrected chi connectivity index (χ0v) is 11.9. The summed E-state index contributed by atoms with van der Waals surface area (Å²) in [5, 5.41) is 22.3. The topological polar surface area (TPSA) is 65.3 Å². The first-order chi connectivity index (χ1) is 10.2. The van der Waals surface area contributed by atoms with Gasteiger partial charge in [-0.2, -0.15) is 5.26 Å². The van der Waals surface area contributed by atoms with E-state index in [4.69, 9.17) is 10.00 Å². The van der Waals surface area contributed by atoms with Crippen molar-refractivity contribution in [2.45, 2.75) is 12.6 Å². The molecule has 0 aliphatic carbocycles. The molecule has 2 rings (SSSR count). The molecular weight excluding hydrogens is 264 g/mol. The number of hydrogen-bond donors (Lipinski definition) is 2. The summed E-state index contributed by atoms with van der Waals surface area (Å²) in [4.78, 5) is 0. The third-order valence-corrected chi connectivity index (χ3v) is 3.24. The number of aliphatic hydroxyl groups is 1. The minimum atomic E-state index is -0.542. The summed E-state index contributed by atoms with van der Waals surface area (Å²) in [5.41, 5.74) is 2.38. The van der Waals surface area contributed by atoms with Crippen molar-refractivity contribution in [2.75, 3.05) is 13.7 Å². The molecule has 0 spiro atoms. The minimum absolute atomic E-state index is 0.456. The fourth-order valence-electron chi connectivity index (χ4n) is 2.10. The summed E-state index contributed by atoms with van der Waals surface area (Å²) in [5.74, 6) is 0.575. The van der Waals surface area contributed by atoms with Crippen molar-refractivity contribution in [3.63, 3.8) is 0 Å². The lowest BCUT2D eigenvalue weighted by atomic mass is 10.1. The van der Waals surface area contributed by atoms with Gasteiger partial charge in [0.1, 0.15) is 11.8 Å². The second kappa shape index (κ2) is 7.44. The smallest absolute Gasteiger partial charge is 0.136 e. The predicted octanol–water partition coefficient (Wildman–Crippen LogP) is 2.39. The van der Waals surface area contributed by atoms with Crippen LogP contribution in [0.25, 0.3) is 0 Å². The van der Waals surface area contributed by atoms with Gasteiger partial charge in [0.15, 0.2) is 0 Å². The van der Waals surface area contributed by atoms with Gasteiger partial charge in [-0.25, -0.2) is 0 Å². The molecule has 0 radical (unpaired) electrons. The van der Waals surface area contributed by atoms with Crippen LogP contribution in [0.15, 0.2) is 48.5 Å². The number of aliphatic hydroxyl groups excluding tert-OH is 1. The van der Waals surface area contributed by atoms with Crippen molar-refractivity contribution in [1.29, 1.82) is 5.26 Å². The Labute approximate surface area is 124 Å². The lowest BCUT2D eigenvalue weighted by Crippen LogP contribution is -2.21. The molecule has 1 atom stereocenters. The van der Waals surface area contributed by atoms with Gasteiger partial charge in [0.2, 0.25) is 0 Å². The Morgan fingerprint density at radius 3 is 2.67 bits per heavy atom. The second-order valence-corrected chi connectivity index (χ2v) is 4.70. The maximum Gasteiger partial charge on any atom is 0.136 e. The van der Waals surface area contributed by atoms with Crippen LogP contribution < -0.4 is 10.1 Å². The van der Waals surface area contributed by atoms with Crippen molar-refractivity contribution in [2.24, 2.45) is 0 Å². The van der Waals surface area contributed by atoms with Crippen molar-refractivity contribution in [3.8, 4) is 11.8 Å². The summed E-state index contributed by atoms with van der Waals surface area (Å²) >= 11 is 0. The van der Waals surface area contributed by atoms with E-state index in [1.165, 1.54) is 0 Å². The quantitative estimate of drug-likeness (QED) is 0.854. The van der Waals surface area contributed by atoms with Crippen molar-refractivity contribution in [1.82, 2.24) is 5.32 Å². The average molecular weight is 282 g/mol. The first-order valence-corrected chi connectivity index (χ1v) is 6.75. The van der Waals surface area contributed by atoms with Gasteiger partial charge in [0.05, 0.1) is 18.8 Å². The molecule has 0 saturated carbocycles. The third-order valence-electron chi connectivity index (χ3n) is 3.24. The molecule has 2 aromatic carbocycles. The fraction of sp³-hybridized carbons (Fsp3) is 0.235. The lowest BCUT2D eigenvalue weighted by Gasteiger charge is -2.12. The number of rotatable bonds is 6. The summed E-state index contributed by atoms with van der Waals surface area (Å²) < 4.78 is 5.11. The highest BCUT2D eigenvalue weighted by molar-refractivity contribution is 5.45. The maximum atomic E-state index is 10.0. The van der Waals surface area contributed by atoms with E-state index in [2.05, 4.69) is 11.4 Å². The minimum Gasteiger partial charge on any atom is -0.495 e.